The predicted octanol–water partition coefficient (Wildman–Crippen LogP) is 2.89. The van der Waals surface area contributed by atoms with E-state index in [1.807, 2.05) is 19.1 Å². The number of amides is 1. The van der Waals surface area contributed by atoms with E-state index in [4.69, 9.17) is 10.5 Å². The molecule has 0 aromatic heterocycles. The first-order valence-electron chi connectivity index (χ1n) is 6.47. The summed E-state index contributed by atoms with van der Waals surface area (Å²) in [6.45, 7) is 1.86. The second-order valence-electron chi connectivity index (χ2n) is 4.38. The first kappa shape index (κ1) is 17.0. The summed E-state index contributed by atoms with van der Waals surface area (Å²) < 4.78 is 12.8. The molecule has 0 aliphatic carbocycles. The Labute approximate surface area is 128 Å². The number of hydrogen-bond acceptors (Lipinski definition) is 4. The molecule has 0 aliphatic heterocycles. The van der Waals surface area contributed by atoms with Crippen molar-refractivity contribution in [3.63, 3.8) is 0 Å². The van der Waals surface area contributed by atoms with E-state index >= 15 is 0 Å². The van der Waals surface area contributed by atoms with Gasteiger partial charge in [-0.25, -0.2) is 4.39 Å². The van der Waals surface area contributed by atoms with Gasteiger partial charge < -0.3 is 4.90 Å². The molecule has 1 aromatic carbocycles. The zero-order chi connectivity index (χ0) is 15.7. The average molecular weight is 305 g/mol. The highest BCUT2D eigenvalue weighted by atomic mass is 32.2. The third-order valence-corrected chi connectivity index (χ3v) is 4.11. The first-order valence-corrected chi connectivity index (χ1v) is 7.52. The van der Waals surface area contributed by atoms with Gasteiger partial charge in [0.25, 0.3) is 0 Å². The summed E-state index contributed by atoms with van der Waals surface area (Å²) in [6.07, 6.45) is 0.277. The zero-order valence-electron chi connectivity index (χ0n) is 11.8. The largest absolute Gasteiger partial charge is 0.316 e. The molecule has 0 heterocycles. The lowest BCUT2D eigenvalue weighted by atomic mass is 10.2. The zero-order valence-corrected chi connectivity index (χ0v) is 12.6. The highest BCUT2D eigenvalue weighted by molar-refractivity contribution is 7.99. The lowest BCUT2D eigenvalue weighted by molar-refractivity contribution is -0.129. The highest BCUT2D eigenvalue weighted by Gasteiger charge is 2.13. The molecule has 4 nitrogen and oxygen atoms in total. The van der Waals surface area contributed by atoms with E-state index in [2.05, 4.69) is 0 Å². The normalized spacial score (nSPS) is 11.2. The van der Waals surface area contributed by atoms with Gasteiger partial charge in [-0.3, -0.25) is 4.79 Å². The molecule has 110 valence electrons. The van der Waals surface area contributed by atoms with Crippen LogP contribution in [0.5, 0.6) is 0 Å². The molecule has 0 bridgehead atoms. The molecule has 0 aliphatic rings. The highest BCUT2D eigenvalue weighted by Crippen LogP contribution is 2.28. The molecular formula is C15H16FN3OS. The van der Waals surface area contributed by atoms with Gasteiger partial charge in [0.15, 0.2) is 0 Å². The SMILES string of the molecule is C[C@H](SCCC(=O)N(CC#N)CC#N)c1ccc(F)cc1. The monoisotopic (exact) mass is 305 g/mol. The van der Waals surface area contributed by atoms with Crippen LogP contribution in [0, 0.1) is 28.5 Å². The number of benzene rings is 1. The van der Waals surface area contributed by atoms with Gasteiger partial charge in [0.1, 0.15) is 18.9 Å². The van der Waals surface area contributed by atoms with Crippen molar-refractivity contribution in [3.8, 4) is 12.1 Å². The molecule has 1 atom stereocenters. The lowest BCUT2D eigenvalue weighted by Gasteiger charge is -2.16. The van der Waals surface area contributed by atoms with Crippen LogP contribution in [0.1, 0.15) is 24.2 Å². The molecule has 0 N–H and O–H groups in total. The van der Waals surface area contributed by atoms with Crippen molar-refractivity contribution in [1.82, 2.24) is 4.90 Å². The van der Waals surface area contributed by atoms with Crippen molar-refractivity contribution in [2.75, 3.05) is 18.8 Å². The number of nitrogens with zero attached hydrogens (tertiary/aromatic N) is 3. The van der Waals surface area contributed by atoms with Gasteiger partial charge in [0, 0.05) is 17.4 Å². The minimum atomic E-state index is -0.269. The van der Waals surface area contributed by atoms with Crippen LogP contribution in [0.3, 0.4) is 0 Å². The van der Waals surface area contributed by atoms with Gasteiger partial charge in [-0.15, -0.1) is 0 Å². The van der Waals surface area contributed by atoms with Crippen molar-refractivity contribution in [1.29, 1.82) is 10.5 Å². The maximum atomic E-state index is 12.8. The van der Waals surface area contributed by atoms with E-state index in [1.165, 1.54) is 17.0 Å². The Hall–Kier alpha value is -2.05. The Morgan fingerprint density at radius 3 is 2.38 bits per heavy atom. The summed E-state index contributed by atoms with van der Waals surface area (Å²) in [5.74, 6) is 0.122. The van der Waals surface area contributed by atoms with Crippen LogP contribution in [0.2, 0.25) is 0 Å². The molecule has 0 unspecified atom stereocenters. The summed E-state index contributed by atoms with van der Waals surface area (Å²) in [7, 11) is 0. The van der Waals surface area contributed by atoms with Gasteiger partial charge in [-0.1, -0.05) is 12.1 Å². The molecule has 0 fully saturated rings. The van der Waals surface area contributed by atoms with Gasteiger partial charge in [0.05, 0.1) is 12.1 Å². The minimum absolute atomic E-state index is 0.0649. The van der Waals surface area contributed by atoms with Crippen LogP contribution >= 0.6 is 11.8 Å². The Bertz CT molecular complexity index is 532. The smallest absolute Gasteiger partial charge is 0.225 e. The van der Waals surface area contributed by atoms with Crippen LogP contribution < -0.4 is 0 Å². The minimum Gasteiger partial charge on any atom is -0.316 e. The van der Waals surface area contributed by atoms with E-state index in [1.54, 1.807) is 23.9 Å². The maximum absolute atomic E-state index is 12.8. The van der Waals surface area contributed by atoms with Crippen molar-refractivity contribution >= 4 is 17.7 Å². The number of rotatable bonds is 7. The Morgan fingerprint density at radius 1 is 1.29 bits per heavy atom. The number of carbonyl (C=O) groups excluding carboxylic acids is 1. The van der Waals surface area contributed by atoms with Crippen molar-refractivity contribution in [2.45, 2.75) is 18.6 Å². The average Bonchev–Trinajstić information content (AvgIpc) is 2.47. The fourth-order valence-electron chi connectivity index (χ4n) is 1.71. The van der Waals surface area contributed by atoms with Gasteiger partial charge in [-0.05, 0) is 24.6 Å². The van der Waals surface area contributed by atoms with E-state index in [-0.39, 0.29) is 36.5 Å². The summed E-state index contributed by atoms with van der Waals surface area (Å²) in [6, 6.07) is 10.0. The van der Waals surface area contributed by atoms with Gasteiger partial charge >= 0.3 is 0 Å². The molecule has 1 amide bonds. The maximum Gasteiger partial charge on any atom is 0.225 e. The fraction of sp³-hybridized carbons (Fsp3) is 0.400. The van der Waals surface area contributed by atoms with E-state index < -0.39 is 0 Å². The van der Waals surface area contributed by atoms with Crippen LogP contribution in [0.25, 0.3) is 0 Å². The topological polar surface area (TPSA) is 67.9 Å². The number of nitriles is 2. The number of halogens is 1. The molecule has 0 radical (unpaired) electrons. The summed E-state index contributed by atoms with van der Waals surface area (Å²) >= 11 is 1.58. The van der Waals surface area contributed by atoms with Gasteiger partial charge in [0.2, 0.25) is 5.91 Å². The molecule has 1 aromatic rings. The van der Waals surface area contributed by atoms with E-state index in [0.717, 1.165) is 5.56 Å². The van der Waals surface area contributed by atoms with E-state index in [0.29, 0.717) is 5.75 Å². The molecular weight excluding hydrogens is 289 g/mol. The number of hydrogen-bond donors (Lipinski definition) is 0. The van der Waals surface area contributed by atoms with E-state index in [9.17, 15) is 9.18 Å². The Morgan fingerprint density at radius 2 is 1.86 bits per heavy atom. The van der Waals surface area contributed by atoms with Crippen LogP contribution in [0.4, 0.5) is 4.39 Å². The predicted molar refractivity (Wildman–Crippen MR) is 79.7 cm³/mol. The fourth-order valence-corrected chi connectivity index (χ4v) is 2.71. The van der Waals surface area contributed by atoms with Crippen molar-refractivity contribution in [3.05, 3.63) is 35.6 Å². The Kier molecular flexibility index (Phi) is 7.28. The molecule has 6 heteroatoms. The molecule has 0 spiro atoms. The quantitative estimate of drug-likeness (QED) is 0.726. The van der Waals surface area contributed by atoms with Crippen molar-refractivity contribution < 1.29 is 9.18 Å². The second-order valence-corrected chi connectivity index (χ2v) is 5.83. The van der Waals surface area contributed by atoms with Crippen LogP contribution in [0.15, 0.2) is 24.3 Å². The lowest BCUT2D eigenvalue weighted by Crippen LogP contribution is -2.31. The van der Waals surface area contributed by atoms with Crippen LogP contribution in [-0.4, -0.2) is 29.6 Å². The second kappa shape index (κ2) is 8.99. The first-order chi connectivity index (χ1) is 10.1. The van der Waals surface area contributed by atoms with Crippen molar-refractivity contribution in [2.24, 2.45) is 0 Å². The molecule has 0 saturated carbocycles. The summed E-state index contributed by atoms with van der Waals surface area (Å²) in [5, 5.41) is 17.4. The third-order valence-electron chi connectivity index (χ3n) is 2.90. The molecule has 21 heavy (non-hydrogen) atoms. The third kappa shape index (κ3) is 5.85. The molecule has 1 rings (SSSR count). The standard InChI is InChI=1S/C15H16FN3OS/c1-12(13-2-4-14(16)5-3-13)21-11-6-15(20)19(9-7-17)10-8-18/h2-5,12H,6,9-11H2,1H3/t12-/m0/s1. The Balaban J connectivity index is 2.42. The summed E-state index contributed by atoms with van der Waals surface area (Å²) in [5.41, 5.74) is 1.000. The number of thioether (sulfide) groups is 1. The van der Waals surface area contributed by atoms with Crippen LogP contribution in [-0.2, 0) is 4.79 Å². The summed E-state index contributed by atoms with van der Waals surface area (Å²) in [4.78, 5) is 13.1. The molecule has 0 saturated heterocycles. The van der Waals surface area contributed by atoms with Gasteiger partial charge in [-0.2, -0.15) is 22.3 Å². The number of carbonyl (C=O) groups is 1.